The Morgan fingerprint density at radius 2 is 1.82 bits per heavy atom. The zero-order chi connectivity index (χ0) is 12.4. The molecule has 0 spiro atoms. The summed E-state index contributed by atoms with van der Waals surface area (Å²) in [5.41, 5.74) is 0.0333. The first-order valence-corrected chi connectivity index (χ1v) is 6.07. The fourth-order valence-electron chi connectivity index (χ4n) is 2.43. The van der Waals surface area contributed by atoms with E-state index in [0.717, 1.165) is 37.8 Å². The summed E-state index contributed by atoms with van der Waals surface area (Å²) in [6.45, 7) is 2.17. The quantitative estimate of drug-likeness (QED) is 0.712. The number of hydrogen-bond acceptors (Lipinski definition) is 1. The Labute approximate surface area is 99.8 Å². The van der Waals surface area contributed by atoms with Gasteiger partial charge in [0.15, 0.2) is 5.78 Å². The highest BCUT2D eigenvalue weighted by molar-refractivity contribution is 5.98. The molecule has 92 valence electrons. The Bertz CT molecular complexity index is 420. The molecule has 0 heterocycles. The van der Waals surface area contributed by atoms with Crippen LogP contribution in [0.3, 0.4) is 0 Å². The zero-order valence-electron chi connectivity index (χ0n) is 9.88. The van der Waals surface area contributed by atoms with Gasteiger partial charge in [0.1, 0.15) is 11.6 Å². The molecule has 0 N–H and O–H groups in total. The molecule has 0 atom stereocenters. The molecule has 1 nitrogen and oxygen atoms in total. The van der Waals surface area contributed by atoms with Crippen LogP contribution in [0.2, 0.25) is 0 Å². The van der Waals surface area contributed by atoms with Gasteiger partial charge in [-0.25, -0.2) is 8.78 Å². The summed E-state index contributed by atoms with van der Waals surface area (Å²) < 4.78 is 26.2. The van der Waals surface area contributed by atoms with Gasteiger partial charge in [-0.05, 0) is 30.9 Å². The maximum absolute atomic E-state index is 13.5. The summed E-state index contributed by atoms with van der Waals surface area (Å²) in [7, 11) is 0. The first-order valence-electron chi connectivity index (χ1n) is 6.07. The lowest BCUT2D eigenvalue weighted by molar-refractivity contribution is 0.0871. The molecule has 3 heteroatoms. The lowest BCUT2D eigenvalue weighted by Gasteiger charge is -2.25. The fourth-order valence-corrected chi connectivity index (χ4v) is 2.43. The molecular formula is C14H16F2O. The third-order valence-electron chi connectivity index (χ3n) is 3.58. The average Bonchev–Trinajstić information content (AvgIpc) is 2.29. The second kappa shape index (κ2) is 4.94. The van der Waals surface area contributed by atoms with Crippen LogP contribution in [0.15, 0.2) is 18.2 Å². The van der Waals surface area contributed by atoms with Crippen LogP contribution >= 0.6 is 0 Å². The zero-order valence-corrected chi connectivity index (χ0v) is 9.88. The number of carbonyl (C=O) groups is 1. The van der Waals surface area contributed by atoms with Crippen molar-refractivity contribution in [2.75, 3.05) is 0 Å². The van der Waals surface area contributed by atoms with E-state index in [1.165, 1.54) is 6.07 Å². The highest BCUT2D eigenvalue weighted by atomic mass is 19.1. The Kier molecular flexibility index (Phi) is 3.55. The number of benzene rings is 1. The van der Waals surface area contributed by atoms with Gasteiger partial charge in [-0.15, -0.1) is 0 Å². The van der Waals surface area contributed by atoms with Gasteiger partial charge in [-0.2, -0.15) is 0 Å². The maximum atomic E-state index is 13.5. The minimum atomic E-state index is -0.742. The van der Waals surface area contributed by atoms with Crippen LogP contribution in [0.4, 0.5) is 8.78 Å². The first kappa shape index (κ1) is 12.2. The second-order valence-electron chi connectivity index (χ2n) is 4.95. The standard InChI is InChI=1S/C14H16F2O/c1-9-2-4-10(5-3-9)14(17)12-7-6-11(15)8-13(12)16/h6-10H,2-5H2,1H3. The summed E-state index contributed by atoms with van der Waals surface area (Å²) in [6, 6.07) is 3.17. The Hall–Kier alpha value is -1.25. The van der Waals surface area contributed by atoms with E-state index >= 15 is 0 Å². The van der Waals surface area contributed by atoms with Gasteiger partial charge in [-0.1, -0.05) is 19.8 Å². The molecule has 1 aromatic rings. The summed E-state index contributed by atoms with van der Waals surface area (Å²) in [5.74, 6) is -0.998. The average molecular weight is 238 g/mol. The van der Waals surface area contributed by atoms with Crippen molar-refractivity contribution < 1.29 is 13.6 Å². The van der Waals surface area contributed by atoms with E-state index in [-0.39, 0.29) is 17.3 Å². The van der Waals surface area contributed by atoms with Gasteiger partial charge in [0.2, 0.25) is 0 Å². The minimum absolute atomic E-state index is 0.0333. The number of hydrogen-bond donors (Lipinski definition) is 0. The van der Waals surface area contributed by atoms with E-state index in [0.29, 0.717) is 5.92 Å². The number of ketones is 1. The van der Waals surface area contributed by atoms with Crippen LogP contribution < -0.4 is 0 Å². The molecule has 2 rings (SSSR count). The van der Waals surface area contributed by atoms with Crippen molar-refractivity contribution in [1.29, 1.82) is 0 Å². The molecule has 0 aliphatic heterocycles. The lowest BCUT2D eigenvalue weighted by atomic mass is 9.79. The molecule has 0 aromatic heterocycles. The molecule has 1 saturated carbocycles. The molecule has 0 saturated heterocycles. The van der Waals surface area contributed by atoms with Crippen molar-refractivity contribution in [1.82, 2.24) is 0 Å². The predicted molar refractivity (Wildman–Crippen MR) is 61.8 cm³/mol. The summed E-state index contributed by atoms with van der Waals surface area (Å²) in [6.07, 6.45) is 3.66. The van der Waals surface area contributed by atoms with Crippen LogP contribution in [0.5, 0.6) is 0 Å². The van der Waals surface area contributed by atoms with Crippen LogP contribution in [-0.4, -0.2) is 5.78 Å². The van der Waals surface area contributed by atoms with Crippen LogP contribution in [0.1, 0.15) is 43.0 Å². The van der Waals surface area contributed by atoms with Gasteiger partial charge in [0.05, 0.1) is 5.56 Å². The highest BCUT2D eigenvalue weighted by Gasteiger charge is 2.26. The van der Waals surface area contributed by atoms with E-state index in [4.69, 9.17) is 0 Å². The van der Waals surface area contributed by atoms with Crippen LogP contribution in [0.25, 0.3) is 0 Å². The van der Waals surface area contributed by atoms with E-state index in [1.54, 1.807) is 0 Å². The molecule has 1 aliphatic rings. The molecule has 0 bridgehead atoms. The van der Waals surface area contributed by atoms with E-state index < -0.39 is 11.6 Å². The second-order valence-corrected chi connectivity index (χ2v) is 4.95. The minimum Gasteiger partial charge on any atom is -0.294 e. The monoisotopic (exact) mass is 238 g/mol. The summed E-state index contributed by atoms with van der Waals surface area (Å²) >= 11 is 0. The number of carbonyl (C=O) groups excluding carboxylic acids is 1. The SMILES string of the molecule is CC1CCC(C(=O)c2ccc(F)cc2F)CC1. The van der Waals surface area contributed by atoms with Crippen molar-refractivity contribution in [3.8, 4) is 0 Å². The van der Waals surface area contributed by atoms with Crippen molar-refractivity contribution in [2.45, 2.75) is 32.6 Å². The third-order valence-corrected chi connectivity index (χ3v) is 3.58. The number of rotatable bonds is 2. The Balaban J connectivity index is 2.14. The molecule has 1 aromatic carbocycles. The van der Waals surface area contributed by atoms with Crippen LogP contribution in [0, 0.1) is 23.5 Å². The van der Waals surface area contributed by atoms with E-state index in [2.05, 4.69) is 6.92 Å². The Morgan fingerprint density at radius 3 is 2.41 bits per heavy atom. The van der Waals surface area contributed by atoms with Gasteiger partial charge < -0.3 is 0 Å². The highest BCUT2D eigenvalue weighted by Crippen LogP contribution is 2.31. The topological polar surface area (TPSA) is 17.1 Å². The molecule has 0 radical (unpaired) electrons. The van der Waals surface area contributed by atoms with Gasteiger partial charge >= 0.3 is 0 Å². The smallest absolute Gasteiger partial charge is 0.168 e. The lowest BCUT2D eigenvalue weighted by Crippen LogP contribution is -2.21. The summed E-state index contributed by atoms with van der Waals surface area (Å²) in [5, 5.41) is 0. The van der Waals surface area contributed by atoms with Gasteiger partial charge in [-0.3, -0.25) is 4.79 Å². The van der Waals surface area contributed by atoms with E-state index in [9.17, 15) is 13.6 Å². The van der Waals surface area contributed by atoms with Crippen molar-refractivity contribution in [3.05, 3.63) is 35.4 Å². The molecule has 0 amide bonds. The molecule has 17 heavy (non-hydrogen) atoms. The molecule has 1 aliphatic carbocycles. The van der Waals surface area contributed by atoms with Gasteiger partial charge in [0, 0.05) is 12.0 Å². The van der Waals surface area contributed by atoms with E-state index in [1.807, 2.05) is 0 Å². The first-order chi connectivity index (χ1) is 8.08. The summed E-state index contributed by atoms with van der Waals surface area (Å²) in [4.78, 5) is 12.1. The molecule has 1 fully saturated rings. The largest absolute Gasteiger partial charge is 0.294 e. The fraction of sp³-hybridized carbons (Fsp3) is 0.500. The van der Waals surface area contributed by atoms with Crippen molar-refractivity contribution in [2.24, 2.45) is 11.8 Å². The number of halogens is 2. The van der Waals surface area contributed by atoms with Crippen LogP contribution in [-0.2, 0) is 0 Å². The normalized spacial score (nSPS) is 24.6. The van der Waals surface area contributed by atoms with Crippen molar-refractivity contribution >= 4 is 5.78 Å². The maximum Gasteiger partial charge on any atom is 0.168 e. The molecule has 0 unspecified atom stereocenters. The number of Topliss-reactive ketones (excluding diaryl/α,β-unsaturated/α-hetero) is 1. The van der Waals surface area contributed by atoms with Gasteiger partial charge in [0.25, 0.3) is 0 Å². The molecular weight excluding hydrogens is 222 g/mol. The predicted octanol–water partition coefficient (Wildman–Crippen LogP) is 3.97. The van der Waals surface area contributed by atoms with Crippen molar-refractivity contribution in [3.63, 3.8) is 0 Å². The Morgan fingerprint density at radius 1 is 1.18 bits per heavy atom. The third kappa shape index (κ3) is 2.71.